The molecular formula is C24H27N3O5S. The highest BCUT2D eigenvalue weighted by atomic mass is 32.1. The third-order valence-corrected chi connectivity index (χ3v) is 6.03. The van der Waals surface area contributed by atoms with Crippen molar-refractivity contribution in [3.8, 4) is 11.3 Å². The number of benzene rings is 2. The second-order valence-corrected chi connectivity index (χ2v) is 8.32. The maximum atomic E-state index is 9.10. The summed E-state index contributed by atoms with van der Waals surface area (Å²) in [6.45, 7) is 5.21. The van der Waals surface area contributed by atoms with E-state index >= 15 is 0 Å². The van der Waals surface area contributed by atoms with Gasteiger partial charge in [-0.15, -0.1) is 0 Å². The summed E-state index contributed by atoms with van der Waals surface area (Å²) >= 11 is 1.80. The first-order valence-electron chi connectivity index (χ1n) is 10.6. The van der Waals surface area contributed by atoms with Gasteiger partial charge in [0.2, 0.25) is 0 Å². The van der Waals surface area contributed by atoms with Gasteiger partial charge in [-0.05, 0) is 18.5 Å². The fourth-order valence-corrected chi connectivity index (χ4v) is 4.35. The van der Waals surface area contributed by atoms with Crippen molar-refractivity contribution in [2.75, 3.05) is 37.7 Å². The molecule has 0 saturated carbocycles. The molecule has 1 fully saturated rings. The van der Waals surface area contributed by atoms with E-state index < -0.39 is 11.9 Å². The molecule has 2 aromatic carbocycles. The van der Waals surface area contributed by atoms with Crippen LogP contribution in [0, 0.1) is 0 Å². The van der Waals surface area contributed by atoms with Crippen LogP contribution in [0.4, 0.5) is 5.13 Å². The highest BCUT2D eigenvalue weighted by molar-refractivity contribution is 7.16. The van der Waals surface area contributed by atoms with Gasteiger partial charge in [-0.3, -0.25) is 0 Å². The van der Waals surface area contributed by atoms with Crippen LogP contribution in [0.15, 0.2) is 60.7 Å². The van der Waals surface area contributed by atoms with E-state index in [1.54, 1.807) is 11.3 Å². The van der Waals surface area contributed by atoms with E-state index in [0.29, 0.717) is 0 Å². The zero-order valence-corrected chi connectivity index (χ0v) is 19.0. The van der Waals surface area contributed by atoms with Crippen LogP contribution in [0.3, 0.4) is 0 Å². The van der Waals surface area contributed by atoms with E-state index in [1.165, 1.54) is 16.0 Å². The molecule has 3 aromatic rings. The van der Waals surface area contributed by atoms with Crippen LogP contribution in [0.2, 0.25) is 0 Å². The third-order valence-electron chi connectivity index (χ3n) is 4.92. The third kappa shape index (κ3) is 7.67. The van der Waals surface area contributed by atoms with E-state index in [4.69, 9.17) is 29.5 Å². The van der Waals surface area contributed by atoms with E-state index in [0.717, 1.165) is 56.6 Å². The molecule has 0 unspecified atom stereocenters. The predicted molar refractivity (Wildman–Crippen MR) is 128 cm³/mol. The lowest BCUT2D eigenvalue weighted by Gasteiger charge is -2.26. The van der Waals surface area contributed by atoms with E-state index in [2.05, 4.69) is 70.9 Å². The van der Waals surface area contributed by atoms with E-state index in [-0.39, 0.29) is 0 Å². The standard InChI is InChI=1S/C22H25N3OS.C2H2O4/c1-3-7-18(8-4-1)11-12-23-17-20-21(19-9-5-2-6-10-19)24-22(27-20)25-13-15-26-16-14-25;3-1(4)2(5)6/h1-10,23H,11-17H2;(H,3,4)(H,5,6). The first-order chi connectivity index (χ1) is 16.0. The molecular weight excluding hydrogens is 442 g/mol. The average Bonchev–Trinajstić information content (AvgIpc) is 3.28. The molecule has 0 aliphatic carbocycles. The Morgan fingerprint density at radius 3 is 2.18 bits per heavy atom. The summed E-state index contributed by atoms with van der Waals surface area (Å²) in [4.78, 5) is 26.8. The van der Waals surface area contributed by atoms with Gasteiger partial charge >= 0.3 is 11.9 Å². The molecule has 174 valence electrons. The van der Waals surface area contributed by atoms with Crippen molar-refractivity contribution in [1.82, 2.24) is 10.3 Å². The fraction of sp³-hybridized carbons (Fsp3) is 0.292. The van der Waals surface area contributed by atoms with Crippen LogP contribution in [0.25, 0.3) is 11.3 Å². The monoisotopic (exact) mass is 469 g/mol. The average molecular weight is 470 g/mol. The molecule has 0 atom stereocenters. The number of hydrogen-bond acceptors (Lipinski definition) is 7. The molecule has 4 rings (SSSR count). The van der Waals surface area contributed by atoms with Crippen LogP contribution >= 0.6 is 11.3 Å². The normalized spacial score (nSPS) is 13.2. The quantitative estimate of drug-likeness (QED) is 0.357. The minimum Gasteiger partial charge on any atom is -0.473 e. The Bertz CT molecular complexity index is 1010. The van der Waals surface area contributed by atoms with E-state index in [1.807, 2.05) is 0 Å². The number of aromatic nitrogens is 1. The lowest BCUT2D eigenvalue weighted by molar-refractivity contribution is -0.159. The van der Waals surface area contributed by atoms with Gasteiger partial charge in [-0.1, -0.05) is 72.0 Å². The molecule has 0 amide bonds. The summed E-state index contributed by atoms with van der Waals surface area (Å²) in [6.07, 6.45) is 1.04. The van der Waals surface area contributed by atoms with Crippen LogP contribution in [0.1, 0.15) is 10.4 Å². The number of rotatable bonds is 7. The van der Waals surface area contributed by atoms with Gasteiger partial charge in [0.15, 0.2) is 5.13 Å². The molecule has 9 heteroatoms. The summed E-state index contributed by atoms with van der Waals surface area (Å²) in [5.74, 6) is -3.65. The largest absolute Gasteiger partial charge is 0.473 e. The van der Waals surface area contributed by atoms with Crippen molar-refractivity contribution in [2.24, 2.45) is 0 Å². The Kier molecular flexibility index (Phi) is 9.37. The zero-order chi connectivity index (χ0) is 23.5. The SMILES string of the molecule is O=C(O)C(=O)O.c1ccc(CCNCc2sc(N3CCOCC3)nc2-c2ccccc2)cc1. The van der Waals surface area contributed by atoms with Crippen molar-refractivity contribution in [2.45, 2.75) is 13.0 Å². The van der Waals surface area contributed by atoms with Gasteiger partial charge in [-0.25, -0.2) is 14.6 Å². The van der Waals surface area contributed by atoms with Gasteiger partial charge in [0.1, 0.15) is 0 Å². The Balaban J connectivity index is 0.000000454. The van der Waals surface area contributed by atoms with Crippen molar-refractivity contribution < 1.29 is 24.5 Å². The molecule has 1 aromatic heterocycles. The molecule has 0 spiro atoms. The Labute approximate surface area is 196 Å². The van der Waals surface area contributed by atoms with Gasteiger partial charge in [0, 0.05) is 30.1 Å². The number of carboxylic acid groups (broad SMARTS) is 2. The Hall–Kier alpha value is -3.27. The lowest BCUT2D eigenvalue weighted by Crippen LogP contribution is -2.36. The highest BCUT2D eigenvalue weighted by Crippen LogP contribution is 2.33. The summed E-state index contributed by atoms with van der Waals surface area (Å²) in [5.41, 5.74) is 3.66. The second-order valence-electron chi connectivity index (χ2n) is 7.26. The molecule has 1 saturated heterocycles. The topological polar surface area (TPSA) is 112 Å². The predicted octanol–water partition coefficient (Wildman–Crippen LogP) is 3.13. The van der Waals surface area contributed by atoms with Crippen molar-refractivity contribution in [3.63, 3.8) is 0 Å². The lowest BCUT2D eigenvalue weighted by atomic mass is 10.1. The summed E-state index contributed by atoms with van der Waals surface area (Å²) in [7, 11) is 0. The smallest absolute Gasteiger partial charge is 0.414 e. The number of hydrogen-bond donors (Lipinski definition) is 3. The molecule has 33 heavy (non-hydrogen) atoms. The number of ether oxygens (including phenoxy) is 1. The van der Waals surface area contributed by atoms with E-state index in [9.17, 15) is 0 Å². The number of nitrogens with zero attached hydrogens (tertiary/aromatic N) is 2. The van der Waals surface area contributed by atoms with Crippen molar-refractivity contribution in [3.05, 3.63) is 71.1 Å². The molecule has 0 radical (unpaired) electrons. The van der Waals surface area contributed by atoms with Crippen LogP contribution in [-0.2, 0) is 27.3 Å². The van der Waals surface area contributed by atoms with Gasteiger partial charge < -0.3 is 25.2 Å². The zero-order valence-electron chi connectivity index (χ0n) is 18.1. The highest BCUT2D eigenvalue weighted by Gasteiger charge is 2.19. The maximum Gasteiger partial charge on any atom is 0.414 e. The summed E-state index contributed by atoms with van der Waals surface area (Å²) < 4.78 is 5.49. The molecule has 2 heterocycles. The summed E-state index contributed by atoms with van der Waals surface area (Å²) in [5, 5.41) is 19.5. The minimum absolute atomic E-state index is 0.783. The molecule has 3 N–H and O–H groups in total. The number of anilines is 1. The molecule has 1 aliphatic rings. The number of morpholine rings is 1. The molecule has 1 aliphatic heterocycles. The van der Waals surface area contributed by atoms with Crippen LogP contribution in [0.5, 0.6) is 0 Å². The first-order valence-corrected chi connectivity index (χ1v) is 11.4. The van der Waals surface area contributed by atoms with Crippen LogP contribution < -0.4 is 10.2 Å². The van der Waals surface area contributed by atoms with Crippen molar-refractivity contribution in [1.29, 1.82) is 0 Å². The maximum absolute atomic E-state index is 9.10. The van der Waals surface area contributed by atoms with Crippen molar-refractivity contribution >= 4 is 28.4 Å². The number of thiazole rings is 1. The number of carboxylic acids is 2. The Morgan fingerprint density at radius 2 is 1.58 bits per heavy atom. The number of nitrogens with one attached hydrogen (secondary N) is 1. The first kappa shape index (κ1) is 24.4. The van der Waals surface area contributed by atoms with Gasteiger partial charge in [-0.2, -0.15) is 0 Å². The minimum atomic E-state index is -1.82. The van der Waals surface area contributed by atoms with Crippen LogP contribution in [-0.4, -0.2) is 60.0 Å². The number of carbonyl (C=O) groups is 2. The Morgan fingerprint density at radius 1 is 0.970 bits per heavy atom. The molecule has 8 nitrogen and oxygen atoms in total. The number of aliphatic carboxylic acids is 2. The summed E-state index contributed by atoms with van der Waals surface area (Å²) in [6, 6.07) is 21.1. The second kappa shape index (κ2) is 12.7. The molecule has 0 bridgehead atoms. The van der Waals surface area contributed by atoms with Gasteiger partial charge in [0.05, 0.1) is 18.9 Å². The van der Waals surface area contributed by atoms with Gasteiger partial charge in [0.25, 0.3) is 0 Å². The fourth-order valence-electron chi connectivity index (χ4n) is 3.25.